The lowest BCUT2D eigenvalue weighted by atomic mass is 9.99. The normalized spacial score (nSPS) is 25.5. The number of hydrogen-bond acceptors (Lipinski definition) is 4. The fourth-order valence-electron chi connectivity index (χ4n) is 2.04. The summed E-state index contributed by atoms with van der Waals surface area (Å²) >= 11 is 9.07. The summed E-state index contributed by atoms with van der Waals surface area (Å²) in [5.74, 6) is -0.0950. The van der Waals surface area contributed by atoms with E-state index in [2.05, 4.69) is 20.9 Å². The molecule has 1 aromatic heterocycles. The third kappa shape index (κ3) is 3.11. The molecule has 0 radical (unpaired) electrons. The van der Waals surface area contributed by atoms with E-state index >= 15 is 0 Å². The van der Waals surface area contributed by atoms with E-state index in [0.717, 1.165) is 0 Å². The summed E-state index contributed by atoms with van der Waals surface area (Å²) in [6, 6.07) is 1.44. The van der Waals surface area contributed by atoms with Gasteiger partial charge in [0, 0.05) is 23.8 Å². The van der Waals surface area contributed by atoms with Gasteiger partial charge in [-0.3, -0.25) is 0 Å². The van der Waals surface area contributed by atoms with Gasteiger partial charge in [-0.2, -0.15) is 4.31 Å². The third-order valence-electron chi connectivity index (χ3n) is 3.21. The summed E-state index contributed by atoms with van der Waals surface area (Å²) in [4.78, 5) is 3.83. The minimum atomic E-state index is -3.67. The Kier molecular flexibility index (Phi) is 4.52. The lowest BCUT2D eigenvalue weighted by Crippen LogP contribution is -2.44. The van der Waals surface area contributed by atoms with E-state index in [1.807, 2.05) is 6.92 Å². The first-order valence-corrected chi connectivity index (χ1v) is 8.42. The van der Waals surface area contributed by atoms with Gasteiger partial charge in [0.25, 0.3) is 0 Å². The second-order valence-corrected chi connectivity index (χ2v) is 7.82. The Bertz CT molecular complexity index is 581. The molecule has 0 saturated carbocycles. The van der Waals surface area contributed by atoms with Gasteiger partial charge in [-0.25, -0.2) is 13.4 Å². The van der Waals surface area contributed by atoms with Gasteiger partial charge >= 0.3 is 0 Å². The van der Waals surface area contributed by atoms with Gasteiger partial charge in [-0.1, -0.05) is 18.5 Å². The van der Waals surface area contributed by atoms with Gasteiger partial charge in [-0.15, -0.1) is 0 Å². The number of hydrogen-bond donors (Lipinski definition) is 1. The predicted molar refractivity (Wildman–Crippen MR) is 75.5 cm³/mol. The van der Waals surface area contributed by atoms with Gasteiger partial charge in [0.15, 0.2) is 0 Å². The number of sulfonamides is 1. The Morgan fingerprint density at radius 2 is 2.26 bits per heavy atom. The van der Waals surface area contributed by atoms with Crippen molar-refractivity contribution in [2.45, 2.75) is 24.3 Å². The van der Waals surface area contributed by atoms with Crippen molar-refractivity contribution in [3.05, 3.63) is 21.9 Å². The van der Waals surface area contributed by atoms with Crippen molar-refractivity contribution in [2.24, 2.45) is 5.92 Å². The zero-order chi connectivity index (χ0) is 14.2. The highest BCUT2D eigenvalue weighted by atomic mass is 79.9. The monoisotopic (exact) mass is 368 g/mol. The van der Waals surface area contributed by atoms with Crippen LogP contribution >= 0.6 is 27.5 Å². The molecule has 0 aromatic carbocycles. The summed E-state index contributed by atoms with van der Waals surface area (Å²) in [5.41, 5.74) is 0. The van der Waals surface area contributed by atoms with E-state index in [1.165, 1.54) is 16.6 Å². The molecule has 0 amide bonds. The van der Waals surface area contributed by atoms with E-state index in [9.17, 15) is 13.5 Å². The minimum Gasteiger partial charge on any atom is -0.393 e. The molecule has 1 aromatic rings. The molecule has 19 heavy (non-hydrogen) atoms. The van der Waals surface area contributed by atoms with Crippen molar-refractivity contribution in [1.29, 1.82) is 0 Å². The number of aromatic nitrogens is 1. The topological polar surface area (TPSA) is 70.5 Å². The lowest BCUT2D eigenvalue weighted by Gasteiger charge is -2.33. The van der Waals surface area contributed by atoms with Gasteiger partial charge in [-0.05, 0) is 34.3 Å². The Balaban J connectivity index is 2.35. The van der Waals surface area contributed by atoms with Crippen LogP contribution in [0.1, 0.15) is 13.3 Å². The first-order chi connectivity index (χ1) is 8.82. The molecule has 0 bridgehead atoms. The van der Waals surface area contributed by atoms with Gasteiger partial charge in [0.2, 0.25) is 10.0 Å². The number of aliphatic hydroxyl groups excluding tert-OH is 1. The fraction of sp³-hybridized carbons (Fsp3) is 0.545. The van der Waals surface area contributed by atoms with Crippen LogP contribution < -0.4 is 0 Å². The second-order valence-electron chi connectivity index (χ2n) is 4.64. The summed E-state index contributed by atoms with van der Waals surface area (Å²) in [6.07, 6.45) is 1.42. The van der Waals surface area contributed by atoms with Crippen LogP contribution in [0.4, 0.5) is 0 Å². The minimum absolute atomic E-state index is 0.00729. The second kappa shape index (κ2) is 5.65. The largest absolute Gasteiger partial charge is 0.393 e. The molecule has 2 heterocycles. The van der Waals surface area contributed by atoms with Crippen LogP contribution in [0.5, 0.6) is 0 Å². The Morgan fingerprint density at radius 1 is 1.58 bits per heavy atom. The van der Waals surface area contributed by atoms with E-state index in [1.54, 1.807) is 0 Å². The van der Waals surface area contributed by atoms with Gasteiger partial charge in [0.1, 0.15) is 10.0 Å². The average Bonchev–Trinajstić information content (AvgIpc) is 2.35. The van der Waals surface area contributed by atoms with E-state index < -0.39 is 16.1 Å². The van der Waals surface area contributed by atoms with Crippen LogP contribution in [0, 0.1) is 5.92 Å². The number of aliphatic hydroxyl groups is 1. The zero-order valence-corrected chi connectivity index (χ0v) is 13.4. The smallest absolute Gasteiger partial charge is 0.246 e. The van der Waals surface area contributed by atoms with Crippen LogP contribution in [0.3, 0.4) is 0 Å². The quantitative estimate of drug-likeness (QED) is 0.808. The molecule has 0 aliphatic carbocycles. The van der Waals surface area contributed by atoms with Crippen LogP contribution in [-0.4, -0.2) is 42.0 Å². The lowest BCUT2D eigenvalue weighted by molar-refractivity contribution is 0.0628. The van der Waals surface area contributed by atoms with Gasteiger partial charge < -0.3 is 5.11 Å². The molecule has 0 spiro atoms. The summed E-state index contributed by atoms with van der Waals surface area (Å²) in [7, 11) is -3.67. The van der Waals surface area contributed by atoms with Crippen molar-refractivity contribution in [1.82, 2.24) is 9.29 Å². The third-order valence-corrected chi connectivity index (χ3v) is 5.94. The molecule has 1 aliphatic rings. The zero-order valence-electron chi connectivity index (χ0n) is 10.3. The van der Waals surface area contributed by atoms with Crippen LogP contribution in [0.2, 0.25) is 5.15 Å². The Hall–Kier alpha value is -0.210. The maximum atomic E-state index is 12.5. The molecule has 2 atom stereocenters. The van der Waals surface area contributed by atoms with E-state index in [4.69, 9.17) is 11.6 Å². The summed E-state index contributed by atoms with van der Waals surface area (Å²) in [5, 5.41) is 9.62. The highest BCUT2D eigenvalue weighted by molar-refractivity contribution is 9.10. The number of nitrogens with zero attached hydrogens (tertiary/aromatic N) is 2. The average molecular weight is 370 g/mol. The SMILES string of the molecule is CC1CN(S(=O)(=O)c2cc(Br)cnc2Cl)CCC1O. The first kappa shape index (κ1) is 15.2. The maximum Gasteiger partial charge on any atom is 0.246 e. The standard InChI is InChI=1S/C11H14BrClN2O3S/c1-7-6-15(3-2-9(7)16)19(17,18)10-4-8(12)5-14-11(10)13/h4-5,7,9,16H,2-3,6H2,1H3. The molecule has 1 saturated heterocycles. The first-order valence-electron chi connectivity index (χ1n) is 5.81. The number of piperidine rings is 1. The molecule has 1 fully saturated rings. The van der Waals surface area contributed by atoms with Crippen molar-refractivity contribution in [2.75, 3.05) is 13.1 Å². The molecule has 106 valence electrons. The molecule has 2 rings (SSSR count). The van der Waals surface area contributed by atoms with Crippen molar-refractivity contribution in [3.8, 4) is 0 Å². The van der Waals surface area contributed by atoms with Crippen molar-refractivity contribution < 1.29 is 13.5 Å². The van der Waals surface area contributed by atoms with Crippen molar-refractivity contribution >= 4 is 37.6 Å². The van der Waals surface area contributed by atoms with Crippen LogP contribution in [0.25, 0.3) is 0 Å². The van der Waals surface area contributed by atoms with Gasteiger partial charge in [0.05, 0.1) is 6.10 Å². The molecular formula is C11H14BrClN2O3S. The Labute approximate surface area is 125 Å². The Morgan fingerprint density at radius 3 is 2.89 bits per heavy atom. The molecule has 2 unspecified atom stereocenters. The summed E-state index contributed by atoms with van der Waals surface area (Å²) in [6.45, 7) is 2.40. The van der Waals surface area contributed by atoms with Crippen molar-refractivity contribution in [3.63, 3.8) is 0 Å². The van der Waals surface area contributed by atoms with Crippen LogP contribution in [0.15, 0.2) is 21.6 Å². The highest BCUT2D eigenvalue weighted by Gasteiger charge is 2.34. The predicted octanol–water partition coefficient (Wildman–Crippen LogP) is 1.89. The van der Waals surface area contributed by atoms with E-state index in [-0.39, 0.29) is 29.1 Å². The van der Waals surface area contributed by atoms with E-state index in [0.29, 0.717) is 10.9 Å². The number of pyridine rings is 1. The molecule has 1 N–H and O–H groups in total. The molecule has 8 heteroatoms. The highest BCUT2D eigenvalue weighted by Crippen LogP contribution is 2.28. The molecule has 5 nitrogen and oxygen atoms in total. The fourth-order valence-corrected chi connectivity index (χ4v) is 4.51. The molecular weight excluding hydrogens is 356 g/mol. The molecule has 1 aliphatic heterocycles. The van der Waals surface area contributed by atoms with Crippen LogP contribution in [-0.2, 0) is 10.0 Å². The number of halogens is 2. The number of rotatable bonds is 2. The summed E-state index contributed by atoms with van der Waals surface area (Å²) < 4.78 is 26.9. The maximum absolute atomic E-state index is 12.5.